The average Bonchev–Trinajstić information content (AvgIpc) is 2.86. The van der Waals surface area contributed by atoms with Crippen LogP contribution in [0.5, 0.6) is 0 Å². The molecule has 2 N–H and O–H groups in total. The summed E-state index contributed by atoms with van der Waals surface area (Å²) < 4.78 is 27.4. The van der Waals surface area contributed by atoms with Crippen LogP contribution in [0.1, 0.15) is 11.1 Å². The van der Waals surface area contributed by atoms with Crippen molar-refractivity contribution in [2.45, 2.75) is 13.3 Å². The quantitative estimate of drug-likeness (QED) is 0.723. The number of sulfonamides is 1. The number of benzene rings is 2. The number of nitrogens with one attached hydrogen (secondary N) is 2. The molecular formula is C19H21N3O3S. The molecule has 0 saturated carbocycles. The lowest BCUT2D eigenvalue weighted by Crippen LogP contribution is -2.15. The molecule has 3 aromatic rings. The average molecular weight is 371 g/mol. The van der Waals surface area contributed by atoms with Crippen molar-refractivity contribution >= 4 is 38.2 Å². The van der Waals surface area contributed by atoms with E-state index in [2.05, 4.69) is 10.0 Å². The summed E-state index contributed by atoms with van der Waals surface area (Å²) in [4.78, 5) is 12.5. The SMILES string of the molecule is Cc1ccc(NC(=O)Cc2cn(C)c3ccccc23)cc1NS(C)(=O)=O. The highest BCUT2D eigenvalue weighted by atomic mass is 32.2. The van der Waals surface area contributed by atoms with Crippen LogP contribution in [0.2, 0.25) is 0 Å². The van der Waals surface area contributed by atoms with Crippen LogP contribution in [-0.4, -0.2) is 25.1 Å². The van der Waals surface area contributed by atoms with Gasteiger partial charge in [-0.15, -0.1) is 0 Å². The van der Waals surface area contributed by atoms with Gasteiger partial charge in [0.05, 0.1) is 18.4 Å². The molecule has 1 aromatic heterocycles. The number of nitrogens with zero attached hydrogens (tertiary/aromatic N) is 1. The summed E-state index contributed by atoms with van der Waals surface area (Å²) in [5.41, 5.74) is 3.80. The van der Waals surface area contributed by atoms with Gasteiger partial charge < -0.3 is 9.88 Å². The molecule has 0 bridgehead atoms. The van der Waals surface area contributed by atoms with Crippen molar-refractivity contribution < 1.29 is 13.2 Å². The molecule has 0 aliphatic carbocycles. The minimum atomic E-state index is -3.38. The fourth-order valence-corrected chi connectivity index (χ4v) is 3.57. The summed E-state index contributed by atoms with van der Waals surface area (Å²) in [6.45, 7) is 1.80. The molecule has 0 radical (unpaired) electrons. The van der Waals surface area contributed by atoms with Gasteiger partial charge in [0.15, 0.2) is 0 Å². The molecule has 0 saturated heterocycles. The third-order valence-electron chi connectivity index (χ3n) is 4.15. The van der Waals surface area contributed by atoms with Crippen LogP contribution in [0, 0.1) is 6.92 Å². The first kappa shape index (κ1) is 18.0. The lowest BCUT2D eigenvalue weighted by atomic mass is 10.1. The molecule has 1 heterocycles. The predicted octanol–water partition coefficient (Wildman–Crippen LogP) is 3.04. The molecule has 0 atom stereocenters. The number of carbonyl (C=O) groups is 1. The van der Waals surface area contributed by atoms with Gasteiger partial charge in [-0.3, -0.25) is 9.52 Å². The van der Waals surface area contributed by atoms with Crippen molar-refractivity contribution in [1.29, 1.82) is 0 Å². The number of aromatic nitrogens is 1. The van der Waals surface area contributed by atoms with Crippen molar-refractivity contribution in [1.82, 2.24) is 4.57 Å². The molecule has 7 heteroatoms. The fourth-order valence-electron chi connectivity index (χ4n) is 2.95. The summed E-state index contributed by atoms with van der Waals surface area (Å²) in [7, 11) is -1.43. The van der Waals surface area contributed by atoms with E-state index >= 15 is 0 Å². The standard InChI is InChI=1S/C19H21N3O3S/c1-13-8-9-15(11-17(13)21-26(3,24)25)20-19(23)10-14-12-22(2)18-7-5-4-6-16(14)18/h4-9,11-12,21H,10H2,1-3H3,(H,20,23). The minimum absolute atomic E-state index is 0.157. The van der Waals surface area contributed by atoms with Crippen LogP contribution in [0.25, 0.3) is 10.9 Å². The zero-order valence-corrected chi connectivity index (χ0v) is 15.7. The summed E-state index contributed by atoms with van der Waals surface area (Å²) >= 11 is 0. The van der Waals surface area contributed by atoms with Crippen LogP contribution >= 0.6 is 0 Å². The molecular weight excluding hydrogens is 350 g/mol. The summed E-state index contributed by atoms with van der Waals surface area (Å²) in [5.74, 6) is -0.157. The number of fused-ring (bicyclic) bond motifs is 1. The number of hydrogen-bond donors (Lipinski definition) is 2. The van der Waals surface area contributed by atoms with Crippen molar-refractivity contribution in [2.75, 3.05) is 16.3 Å². The number of amides is 1. The van der Waals surface area contributed by atoms with E-state index in [-0.39, 0.29) is 12.3 Å². The van der Waals surface area contributed by atoms with Crippen molar-refractivity contribution in [3.8, 4) is 0 Å². The summed E-state index contributed by atoms with van der Waals surface area (Å²) in [6, 6.07) is 13.1. The Hall–Kier alpha value is -2.80. The van der Waals surface area contributed by atoms with Gasteiger partial charge in [0.1, 0.15) is 0 Å². The Bertz CT molecular complexity index is 1080. The van der Waals surface area contributed by atoms with Crippen molar-refractivity contribution in [2.24, 2.45) is 7.05 Å². The van der Waals surface area contributed by atoms with Gasteiger partial charge in [-0.05, 0) is 36.2 Å². The van der Waals surface area contributed by atoms with Crippen LogP contribution in [0.3, 0.4) is 0 Å². The number of para-hydroxylation sites is 1. The predicted molar refractivity (Wildman–Crippen MR) is 105 cm³/mol. The molecule has 2 aromatic carbocycles. The van der Waals surface area contributed by atoms with Gasteiger partial charge in [-0.2, -0.15) is 0 Å². The van der Waals surface area contributed by atoms with Crippen LogP contribution in [-0.2, 0) is 28.3 Å². The third-order valence-corrected chi connectivity index (χ3v) is 4.74. The molecule has 0 aliphatic rings. The molecule has 6 nitrogen and oxygen atoms in total. The lowest BCUT2D eigenvalue weighted by Gasteiger charge is -2.11. The molecule has 0 unspecified atom stereocenters. The Labute approximate surface area is 152 Å². The van der Waals surface area contributed by atoms with E-state index in [4.69, 9.17) is 0 Å². The van der Waals surface area contributed by atoms with E-state index in [9.17, 15) is 13.2 Å². The molecule has 3 rings (SSSR count). The second-order valence-electron chi connectivity index (χ2n) is 6.41. The first-order valence-corrected chi connectivity index (χ1v) is 10.0. The maximum absolute atomic E-state index is 12.5. The molecule has 26 heavy (non-hydrogen) atoms. The Morgan fingerprint density at radius 1 is 1.15 bits per heavy atom. The van der Waals surface area contributed by atoms with Gasteiger partial charge in [0.2, 0.25) is 15.9 Å². The van der Waals surface area contributed by atoms with Crippen LogP contribution in [0.4, 0.5) is 11.4 Å². The maximum Gasteiger partial charge on any atom is 0.229 e. The van der Waals surface area contributed by atoms with Gasteiger partial charge >= 0.3 is 0 Å². The largest absolute Gasteiger partial charge is 0.350 e. The summed E-state index contributed by atoms with van der Waals surface area (Å²) in [5, 5.41) is 3.88. The Morgan fingerprint density at radius 3 is 2.62 bits per heavy atom. The highest BCUT2D eigenvalue weighted by Crippen LogP contribution is 2.23. The van der Waals surface area contributed by atoms with E-state index in [1.807, 2.05) is 42.1 Å². The van der Waals surface area contributed by atoms with Crippen LogP contribution in [0.15, 0.2) is 48.7 Å². The first-order valence-electron chi connectivity index (χ1n) is 8.14. The Kier molecular flexibility index (Phi) is 4.73. The monoisotopic (exact) mass is 371 g/mol. The third kappa shape index (κ3) is 4.05. The number of carbonyl (C=O) groups excluding carboxylic acids is 1. The van der Waals surface area contributed by atoms with Gasteiger partial charge in [0.25, 0.3) is 0 Å². The smallest absolute Gasteiger partial charge is 0.229 e. The van der Waals surface area contributed by atoms with E-state index in [0.29, 0.717) is 11.4 Å². The van der Waals surface area contributed by atoms with E-state index in [0.717, 1.165) is 28.3 Å². The Morgan fingerprint density at radius 2 is 1.88 bits per heavy atom. The molecule has 0 spiro atoms. The summed E-state index contributed by atoms with van der Waals surface area (Å²) in [6.07, 6.45) is 3.29. The highest BCUT2D eigenvalue weighted by Gasteiger charge is 2.12. The molecule has 136 valence electrons. The van der Waals surface area contributed by atoms with E-state index in [1.54, 1.807) is 25.1 Å². The normalized spacial score (nSPS) is 11.5. The number of aryl methyl sites for hydroxylation is 2. The van der Waals surface area contributed by atoms with Crippen molar-refractivity contribution in [3.63, 3.8) is 0 Å². The number of hydrogen-bond acceptors (Lipinski definition) is 3. The maximum atomic E-state index is 12.5. The van der Waals surface area contributed by atoms with Gasteiger partial charge in [0, 0.05) is 29.8 Å². The van der Waals surface area contributed by atoms with Gasteiger partial charge in [-0.1, -0.05) is 24.3 Å². The minimum Gasteiger partial charge on any atom is -0.350 e. The lowest BCUT2D eigenvalue weighted by molar-refractivity contribution is -0.115. The van der Waals surface area contributed by atoms with Crippen LogP contribution < -0.4 is 10.0 Å². The highest BCUT2D eigenvalue weighted by molar-refractivity contribution is 7.92. The van der Waals surface area contributed by atoms with Crippen molar-refractivity contribution in [3.05, 3.63) is 59.8 Å². The zero-order valence-electron chi connectivity index (χ0n) is 14.9. The second-order valence-corrected chi connectivity index (χ2v) is 8.16. The molecule has 0 aliphatic heterocycles. The molecule has 0 fully saturated rings. The Balaban J connectivity index is 1.79. The topological polar surface area (TPSA) is 80.2 Å². The first-order chi connectivity index (χ1) is 12.2. The second kappa shape index (κ2) is 6.84. The van der Waals surface area contributed by atoms with E-state index < -0.39 is 10.0 Å². The van der Waals surface area contributed by atoms with Gasteiger partial charge in [-0.25, -0.2) is 8.42 Å². The fraction of sp³-hybridized carbons (Fsp3) is 0.211. The van der Waals surface area contributed by atoms with E-state index in [1.165, 1.54) is 0 Å². The molecule has 1 amide bonds. The number of rotatable bonds is 5. The zero-order chi connectivity index (χ0) is 18.9. The number of anilines is 2.